The fourth-order valence-corrected chi connectivity index (χ4v) is 4.63. The summed E-state index contributed by atoms with van der Waals surface area (Å²) in [5.74, 6) is 0.277. The lowest BCUT2D eigenvalue weighted by Gasteiger charge is -2.47. The van der Waals surface area contributed by atoms with Crippen molar-refractivity contribution in [3.63, 3.8) is 0 Å². The molecule has 2 aliphatic heterocycles. The number of rotatable bonds is 5. The Morgan fingerprint density at radius 1 is 1.23 bits per heavy atom. The van der Waals surface area contributed by atoms with Gasteiger partial charge in [0.15, 0.2) is 0 Å². The highest BCUT2D eigenvalue weighted by molar-refractivity contribution is 7.14. The van der Waals surface area contributed by atoms with Gasteiger partial charge in [0.1, 0.15) is 0 Å². The molecule has 0 bridgehead atoms. The van der Waals surface area contributed by atoms with Gasteiger partial charge in [-0.2, -0.15) is 0 Å². The largest absolute Gasteiger partial charge is 0.371 e. The van der Waals surface area contributed by atoms with Gasteiger partial charge in [-0.25, -0.2) is 0 Å². The second kappa shape index (κ2) is 8.72. The molecule has 3 rings (SSSR count). The third-order valence-corrected chi connectivity index (χ3v) is 6.46. The zero-order valence-corrected chi connectivity index (χ0v) is 16.9. The third-order valence-electron chi connectivity index (χ3n) is 5.37. The molecule has 0 unspecified atom stereocenters. The summed E-state index contributed by atoms with van der Waals surface area (Å²) >= 11 is 7.34. The van der Waals surface area contributed by atoms with Crippen molar-refractivity contribution in [2.75, 3.05) is 32.8 Å². The molecule has 2 saturated heterocycles. The molecule has 1 aromatic heterocycles. The SMILES string of the molecule is CCCCCC(=O)N1CCC2(CC1)CN(C(=O)c1csc(Cl)c1)CCO2. The Kier molecular flexibility index (Phi) is 6.59. The lowest BCUT2D eigenvalue weighted by molar-refractivity contribution is -0.147. The Morgan fingerprint density at radius 3 is 2.65 bits per heavy atom. The molecule has 0 radical (unpaired) electrons. The Balaban J connectivity index is 1.54. The molecule has 3 heterocycles. The van der Waals surface area contributed by atoms with E-state index in [1.165, 1.54) is 11.3 Å². The van der Waals surface area contributed by atoms with E-state index in [2.05, 4.69) is 6.92 Å². The van der Waals surface area contributed by atoms with Gasteiger partial charge in [0.2, 0.25) is 5.91 Å². The maximum Gasteiger partial charge on any atom is 0.254 e. The molecule has 0 aliphatic carbocycles. The van der Waals surface area contributed by atoms with E-state index in [0.717, 1.165) is 45.2 Å². The first-order chi connectivity index (χ1) is 12.5. The molecule has 0 N–H and O–H groups in total. The van der Waals surface area contributed by atoms with Crippen LogP contribution in [0.1, 0.15) is 55.8 Å². The Labute approximate surface area is 164 Å². The normalized spacial score (nSPS) is 19.8. The van der Waals surface area contributed by atoms with Crippen LogP contribution in [0, 0.1) is 0 Å². The van der Waals surface area contributed by atoms with E-state index in [9.17, 15) is 9.59 Å². The van der Waals surface area contributed by atoms with Crippen molar-refractivity contribution in [3.8, 4) is 0 Å². The van der Waals surface area contributed by atoms with Crippen LogP contribution >= 0.6 is 22.9 Å². The summed E-state index contributed by atoms with van der Waals surface area (Å²) in [5, 5.41) is 1.81. The molecule has 2 fully saturated rings. The standard InChI is InChI=1S/C19H27ClN2O3S/c1-2-3-4-5-17(23)21-8-6-19(7-9-21)14-22(10-11-25-19)18(24)15-12-16(20)26-13-15/h12-13H,2-11,14H2,1H3. The first kappa shape index (κ1) is 19.6. The summed E-state index contributed by atoms with van der Waals surface area (Å²) in [6, 6.07) is 1.73. The van der Waals surface area contributed by atoms with Gasteiger partial charge in [-0.15, -0.1) is 11.3 Å². The van der Waals surface area contributed by atoms with Crippen LogP contribution in [0.2, 0.25) is 4.34 Å². The maximum absolute atomic E-state index is 12.7. The molecule has 7 heteroatoms. The van der Waals surface area contributed by atoms with E-state index in [0.29, 0.717) is 36.0 Å². The summed E-state index contributed by atoms with van der Waals surface area (Å²) in [6.07, 6.45) is 5.44. The number of amides is 2. The zero-order chi connectivity index (χ0) is 18.6. The number of carbonyl (C=O) groups is 2. The number of morpholine rings is 1. The van der Waals surface area contributed by atoms with Crippen LogP contribution in [0.25, 0.3) is 0 Å². The average Bonchev–Trinajstić information content (AvgIpc) is 3.08. The van der Waals surface area contributed by atoms with Gasteiger partial charge >= 0.3 is 0 Å². The number of halogens is 1. The fraction of sp³-hybridized carbons (Fsp3) is 0.684. The molecule has 26 heavy (non-hydrogen) atoms. The summed E-state index contributed by atoms with van der Waals surface area (Å²) in [6.45, 7) is 5.33. The summed E-state index contributed by atoms with van der Waals surface area (Å²) in [5.41, 5.74) is 0.342. The Hall–Kier alpha value is -1.11. The van der Waals surface area contributed by atoms with Gasteiger partial charge < -0.3 is 14.5 Å². The minimum Gasteiger partial charge on any atom is -0.371 e. The van der Waals surface area contributed by atoms with Gasteiger partial charge in [-0.3, -0.25) is 9.59 Å². The molecule has 0 aromatic carbocycles. The quantitative estimate of drug-likeness (QED) is 0.708. The lowest BCUT2D eigenvalue weighted by atomic mass is 9.89. The number of unbranched alkanes of at least 4 members (excludes halogenated alkanes) is 2. The van der Waals surface area contributed by atoms with Crippen LogP contribution in [-0.4, -0.2) is 60.0 Å². The maximum atomic E-state index is 12.7. The van der Waals surface area contributed by atoms with Gasteiger partial charge in [-0.1, -0.05) is 31.4 Å². The lowest BCUT2D eigenvalue weighted by Crippen LogP contribution is -2.58. The minimum absolute atomic E-state index is 0.0221. The smallest absolute Gasteiger partial charge is 0.254 e. The highest BCUT2D eigenvalue weighted by atomic mass is 35.5. The van der Waals surface area contributed by atoms with Crippen LogP contribution in [0.3, 0.4) is 0 Å². The van der Waals surface area contributed by atoms with E-state index in [-0.39, 0.29) is 17.4 Å². The van der Waals surface area contributed by atoms with Crippen molar-refractivity contribution in [2.45, 2.75) is 51.0 Å². The first-order valence-corrected chi connectivity index (χ1v) is 10.7. The number of carbonyl (C=O) groups excluding carboxylic acids is 2. The molecule has 1 aromatic rings. The third kappa shape index (κ3) is 4.59. The Morgan fingerprint density at radius 2 is 2.00 bits per heavy atom. The summed E-state index contributed by atoms with van der Waals surface area (Å²) in [7, 11) is 0. The molecule has 0 saturated carbocycles. The predicted molar refractivity (Wildman–Crippen MR) is 104 cm³/mol. The zero-order valence-electron chi connectivity index (χ0n) is 15.3. The molecule has 2 amide bonds. The molecule has 144 valence electrons. The van der Waals surface area contributed by atoms with Crippen molar-refractivity contribution < 1.29 is 14.3 Å². The molecule has 5 nitrogen and oxygen atoms in total. The molecular formula is C19H27ClN2O3S. The van der Waals surface area contributed by atoms with Gasteiger partial charge in [0, 0.05) is 31.4 Å². The first-order valence-electron chi connectivity index (χ1n) is 9.48. The fourth-order valence-electron chi connectivity index (χ4n) is 3.77. The predicted octanol–water partition coefficient (Wildman–Crippen LogP) is 3.82. The van der Waals surface area contributed by atoms with Gasteiger partial charge in [-0.05, 0) is 25.3 Å². The topological polar surface area (TPSA) is 49.9 Å². The van der Waals surface area contributed by atoms with Crippen molar-refractivity contribution in [1.29, 1.82) is 0 Å². The molecular weight excluding hydrogens is 372 g/mol. The number of thiophene rings is 1. The van der Waals surface area contributed by atoms with Crippen molar-refractivity contribution in [1.82, 2.24) is 9.80 Å². The second-order valence-electron chi connectivity index (χ2n) is 7.24. The Bertz CT molecular complexity index is 640. The van der Waals surface area contributed by atoms with Crippen LogP contribution in [-0.2, 0) is 9.53 Å². The van der Waals surface area contributed by atoms with Crippen LogP contribution in [0.4, 0.5) is 0 Å². The van der Waals surface area contributed by atoms with E-state index in [1.54, 1.807) is 6.07 Å². The monoisotopic (exact) mass is 398 g/mol. The summed E-state index contributed by atoms with van der Waals surface area (Å²) in [4.78, 5) is 28.9. The highest BCUT2D eigenvalue weighted by Crippen LogP contribution is 2.31. The average molecular weight is 399 g/mol. The van der Waals surface area contributed by atoms with Crippen molar-refractivity contribution in [3.05, 3.63) is 21.3 Å². The number of ether oxygens (including phenoxy) is 1. The number of likely N-dealkylation sites (tertiary alicyclic amines) is 1. The molecule has 1 spiro atoms. The number of hydrogen-bond acceptors (Lipinski definition) is 4. The number of piperidine rings is 1. The highest BCUT2D eigenvalue weighted by Gasteiger charge is 2.41. The molecule has 2 aliphatic rings. The van der Waals surface area contributed by atoms with Crippen LogP contribution < -0.4 is 0 Å². The van der Waals surface area contributed by atoms with E-state index in [4.69, 9.17) is 16.3 Å². The van der Waals surface area contributed by atoms with Crippen molar-refractivity contribution in [2.24, 2.45) is 0 Å². The second-order valence-corrected chi connectivity index (χ2v) is 8.78. The molecule has 0 atom stereocenters. The number of nitrogens with zero attached hydrogens (tertiary/aromatic N) is 2. The number of hydrogen-bond donors (Lipinski definition) is 0. The van der Waals surface area contributed by atoms with Crippen LogP contribution in [0.15, 0.2) is 11.4 Å². The minimum atomic E-state index is -0.312. The van der Waals surface area contributed by atoms with Gasteiger partial charge in [0.25, 0.3) is 5.91 Å². The van der Waals surface area contributed by atoms with Gasteiger partial charge in [0.05, 0.1) is 28.7 Å². The van der Waals surface area contributed by atoms with E-state index >= 15 is 0 Å². The van der Waals surface area contributed by atoms with Crippen molar-refractivity contribution >= 4 is 34.8 Å². The summed E-state index contributed by atoms with van der Waals surface area (Å²) < 4.78 is 6.73. The van der Waals surface area contributed by atoms with E-state index in [1.807, 2.05) is 15.2 Å². The van der Waals surface area contributed by atoms with E-state index < -0.39 is 0 Å². The van der Waals surface area contributed by atoms with Crippen LogP contribution in [0.5, 0.6) is 0 Å².